The molecule has 0 bridgehead atoms. The number of alkyl halides is 5. The van der Waals surface area contributed by atoms with Crippen LogP contribution < -0.4 is 0 Å². The first-order chi connectivity index (χ1) is 7.29. The average Bonchev–Trinajstić information content (AvgIpc) is 2.14. The van der Waals surface area contributed by atoms with Gasteiger partial charge in [0.1, 0.15) is 5.15 Å². The fourth-order valence-corrected chi connectivity index (χ4v) is 1.31. The van der Waals surface area contributed by atoms with Crippen LogP contribution in [-0.2, 0) is 6.18 Å². The maximum Gasteiger partial charge on any atom is 0.418 e. The van der Waals surface area contributed by atoms with Crippen LogP contribution in [-0.4, -0.2) is 11.3 Å². The van der Waals surface area contributed by atoms with Crippen molar-refractivity contribution in [1.29, 1.82) is 0 Å². The maximum atomic E-state index is 12.4. The van der Waals surface area contributed by atoms with E-state index >= 15 is 0 Å². The van der Waals surface area contributed by atoms with Gasteiger partial charge >= 0.3 is 6.18 Å². The Balaban J connectivity index is 3.56. The summed E-state index contributed by atoms with van der Waals surface area (Å²) in [4.78, 5) is 13.4. The molecule has 0 spiro atoms. The Bertz CT molecular complexity index is 418. The van der Waals surface area contributed by atoms with Crippen molar-refractivity contribution < 1.29 is 26.7 Å². The molecular weight excluding hydrogens is 257 g/mol. The lowest BCUT2D eigenvalue weighted by Crippen LogP contribution is -2.12. The molecule has 0 aliphatic rings. The minimum absolute atomic E-state index is 0.248. The van der Waals surface area contributed by atoms with Gasteiger partial charge in [0.25, 0.3) is 6.43 Å². The zero-order valence-electron chi connectivity index (χ0n) is 7.36. The quantitative estimate of drug-likeness (QED) is 0.462. The molecule has 1 heterocycles. The Morgan fingerprint density at radius 1 is 1.38 bits per heavy atom. The van der Waals surface area contributed by atoms with Crippen LogP contribution in [0.3, 0.4) is 0 Å². The molecule has 0 unspecified atom stereocenters. The van der Waals surface area contributed by atoms with E-state index in [-0.39, 0.29) is 12.5 Å². The normalized spacial score (nSPS) is 11.9. The smallest absolute Gasteiger partial charge is 0.298 e. The molecule has 0 saturated carbocycles. The molecule has 1 aromatic rings. The van der Waals surface area contributed by atoms with Gasteiger partial charge in [-0.25, -0.2) is 13.8 Å². The summed E-state index contributed by atoms with van der Waals surface area (Å²) in [6.07, 6.45) is -8.30. The molecule has 16 heavy (non-hydrogen) atoms. The molecule has 88 valence electrons. The van der Waals surface area contributed by atoms with Crippen LogP contribution in [0.1, 0.15) is 27.9 Å². The Morgan fingerprint density at radius 2 is 1.94 bits per heavy atom. The largest absolute Gasteiger partial charge is 0.418 e. The van der Waals surface area contributed by atoms with Crippen molar-refractivity contribution in [3.8, 4) is 0 Å². The lowest BCUT2D eigenvalue weighted by molar-refractivity contribution is -0.138. The van der Waals surface area contributed by atoms with Crippen LogP contribution in [0.5, 0.6) is 0 Å². The first-order valence-electron chi connectivity index (χ1n) is 3.78. The molecular formula is C8H3ClF5NO. The van der Waals surface area contributed by atoms with E-state index in [9.17, 15) is 26.7 Å². The summed E-state index contributed by atoms with van der Waals surface area (Å²) in [5.41, 5.74) is -3.91. The number of aldehydes is 1. The number of rotatable bonds is 2. The first kappa shape index (κ1) is 12.8. The molecule has 1 rings (SSSR count). The third kappa shape index (κ3) is 2.29. The Hall–Kier alpha value is -1.24. The zero-order chi connectivity index (χ0) is 12.5. The highest BCUT2D eigenvalue weighted by Gasteiger charge is 2.37. The molecule has 0 N–H and O–H groups in total. The first-order valence-corrected chi connectivity index (χ1v) is 4.15. The molecule has 0 radical (unpaired) electrons. The fourth-order valence-electron chi connectivity index (χ4n) is 1.08. The van der Waals surface area contributed by atoms with E-state index in [0.29, 0.717) is 0 Å². The Kier molecular flexibility index (Phi) is 3.47. The van der Waals surface area contributed by atoms with E-state index in [4.69, 9.17) is 11.6 Å². The number of halogens is 6. The van der Waals surface area contributed by atoms with Crippen molar-refractivity contribution in [1.82, 2.24) is 4.98 Å². The number of carbonyl (C=O) groups excluding carboxylic acids is 1. The van der Waals surface area contributed by atoms with Crippen molar-refractivity contribution >= 4 is 17.9 Å². The lowest BCUT2D eigenvalue weighted by Gasteiger charge is -2.12. The van der Waals surface area contributed by atoms with E-state index in [1.165, 1.54) is 0 Å². The third-order valence-corrected chi connectivity index (χ3v) is 2.05. The van der Waals surface area contributed by atoms with E-state index in [1.54, 1.807) is 0 Å². The topological polar surface area (TPSA) is 30.0 Å². The van der Waals surface area contributed by atoms with Gasteiger partial charge in [-0.2, -0.15) is 13.2 Å². The molecule has 0 aliphatic heterocycles. The number of aromatic nitrogens is 1. The number of hydrogen-bond donors (Lipinski definition) is 0. The van der Waals surface area contributed by atoms with E-state index in [1.807, 2.05) is 0 Å². The van der Waals surface area contributed by atoms with E-state index in [0.717, 1.165) is 0 Å². The molecule has 0 atom stereocenters. The van der Waals surface area contributed by atoms with Crippen LogP contribution in [0, 0.1) is 0 Å². The van der Waals surface area contributed by atoms with E-state index < -0.39 is 34.4 Å². The number of hydrogen-bond acceptors (Lipinski definition) is 2. The molecule has 0 aromatic carbocycles. The summed E-state index contributed by atoms with van der Waals surface area (Å²) in [5, 5.41) is -0.815. The second-order valence-electron chi connectivity index (χ2n) is 2.71. The molecule has 8 heteroatoms. The van der Waals surface area contributed by atoms with Crippen LogP contribution in [0.4, 0.5) is 22.0 Å². The van der Waals surface area contributed by atoms with Gasteiger partial charge in [-0.3, -0.25) is 4.79 Å². The van der Waals surface area contributed by atoms with Gasteiger partial charge in [-0.05, 0) is 0 Å². The monoisotopic (exact) mass is 259 g/mol. The second-order valence-corrected chi connectivity index (χ2v) is 3.06. The zero-order valence-corrected chi connectivity index (χ0v) is 8.11. The molecule has 1 aromatic heterocycles. The maximum absolute atomic E-state index is 12.4. The van der Waals surface area contributed by atoms with Crippen molar-refractivity contribution in [2.75, 3.05) is 0 Å². The van der Waals surface area contributed by atoms with Crippen molar-refractivity contribution in [3.05, 3.63) is 28.0 Å². The highest BCUT2D eigenvalue weighted by Crippen LogP contribution is 2.37. The predicted molar refractivity (Wildman–Crippen MR) is 44.6 cm³/mol. The summed E-state index contributed by atoms with van der Waals surface area (Å²) in [6, 6.07) is 0. The third-order valence-electron chi connectivity index (χ3n) is 1.75. The number of carbonyl (C=O) groups is 1. The summed E-state index contributed by atoms with van der Waals surface area (Å²) >= 11 is 5.21. The number of pyridine rings is 1. The summed E-state index contributed by atoms with van der Waals surface area (Å²) in [7, 11) is 0. The molecule has 0 saturated heterocycles. The highest BCUT2D eigenvalue weighted by molar-refractivity contribution is 6.30. The van der Waals surface area contributed by atoms with Gasteiger partial charge < -0.3 is 0 Å². The van der Waals surface area contributed by atoms with Crippen molar-refractivity contribution in [2.24, 2.45) is 0 Å². The Labute approximate surface area is 91.0 Å². The lowest BCUT2D eigenvalue weighted by atomic mass is 10.1. The van der Waals surface area contributed by atoms with E-state index in [2.05, 4.69) is 4.98 Å². The summed E-state index contributed by atoms with van der Waals surface area (Å²) < 4.78 is 61.8. The van der Waals surface area contributed by atoms with Crippen molar-refractivity contribution in [3.63, 3.8) is 0 Å². The standard InChI is InChI=1S/C8H3ClF5NO/c9-6-5(7(10)11)3(2-16)4(1-15-6)8(12,13)14/h1-2,7H. The minimum atomic E-state index is -4.93. The van der Waals surface area contributed by atoms with Gasteiger partial charge in [0.05, 0.1) is 11.1 Å². The van der Waals surface area contributed by atoms with Gasteiger partial charge in [0.2, 0.25) is 0 Å². The molecule has 0 aliphatic carbocycles. The van der Waals surface area contributed by atoms with Gasteiger partial charge in [0, 0.05) is 11.8 Å². The van der Waals surface area contributed by atoms with Crippen LogP contribution in [0.15, 0.2) is 6.20 Å². The van der Waals surface area contributed by atoms with Crippen LogP contribution in [0.25, 0.3) is 0 Å². The fraction of sp³-hybridized carbons (Fsp3) is 0.250. The average molecular weight is 260 g/mol. The van der Waals surface area contributed by atoms with Crippen LogP contribution in [0.2, 0.25) is 5.15 Å². The Morgan fingerprint density at radius 3 is 2.31 bits per heavy atom. The SMILES string of the molecule is O=Cc1c(C(F)(F)F)cnc(Cl)c1C(F)F. The molecule has 0 amide bonds. The highest BCUT2D eigenvalue weighted by atomic mass is 35.5. The van der Waals surface area contributed by atoms with Gasteiger partial charge in [0.15, 0.2) is 6.29 Å². The van der Waals surface area contributed by atoms with Gasteiger partial charge in [-0.1, -0.05) is 11.6 Å². The van der Waals surface area contributed by atoms with Gasteiger partial charge in [-0.15, -0.1) is 0 Å². The summed E-state index contributed by atoms with van der Waals surface area (Å²) in [6.45, 7) is 0. The van der Waals surface area contributed by atoms with Crippen LogP contribution >= 0.6 is 11.6 Å². The number of nitrogens with zero attached hydrogens (tertiary/aromatic N) is 1. The summed E-state index contributed by atoms with van der Waals surface area (Å²) in [5.74, 6) is 0. The predicted octanol–water partition coefficient (Wildman–Crippen LogP) is 3.50. The molecule has 2 nitrogen and oxygen atoms in total. The van der Waals surface area contributed by atoms with Crippen molar-refractivity contribution in [2.45, 2.75) is 12.6 Å². The minimum Gasteiger partial charge on any atom is -0.298 e. The second kappa shape index (κ2) is 4.32. The molecule has 0 fully saturated rings.